The van der Waals surface area contributed by atoms with E-state index in [9.17, 15) is 9.59 Å². The van der Waals surface area contributed by atoms with Gasteiger partial charge in [-0.1, -0.05) is 0 Å². The lowest BCUT2D eigenvalue weighted by molar-refractivity contribution is -0.103. The summed E-state index contributed by atoms with van der Waals surface area (Å²) in [5.74, 6) is 0.115. The molecule has 0 bridgehead atoms. The molecule has 3 fully saturated rings. The molecule has 9 heteroatoms. The van der Waals surface area contributed by atoms with Crippen molar-refractivity contribution in [3.63, 3.8) is 0 Å². The topological polar surface area (TPSA) is 119 Å². The number of carbonyl (C=O) groups is 1. The Morgan fingerprint density at radius 3 is 2.49 bits per heavy atom. The van der Waals surface area contributed by atoms with E-state index in [1.165, 1.54) is 0 Å². The third kappa shape index (κ3) is 6.00. The van der Waals surface area contributed by atoms with E-state index in [1.54, 1.807) is 6.07 Å². The molecule has 3 atom stereocenters. The van der Waals surface area contributed by atoms with Crippen LogP contribution in [0.4, 0.5) is 5.69 Å². The molecule has 1 aromatic carbocycles. The zero-order valence-corrected chi connectivity index (χ0v) is 23.8. The highest BCUT2D eigenvalue weighted by Gasteiger charge is 2.39. The van der Waals surface area contributed by atoms with Gasteiger partial charge in [0.15, 0.2) is 0 Å². The monoisotopic (exact) mass is 538 g/mol. The summed E-state index contributed by atoms with van der Waals surface area (Å²) in [6.45, 7) is 13.1. The van der Waals surface area contributed by atoms with Crippen molar-refractivity contribution in [1.82, 2.24) is 9.88 Å². The van der Waals surface area contributed by atoms with Gasteiger partial charge in [-0.2, -0.15) is 0 Å². The first kappa shape index (κ1) is 27.7. The van der Waals surface area contributed by atoms with Crippen LogP contribution in [0, 0.1) is 20.8 Å². The molecule has 39 heavy (non-hydrogen) atoms. The van der Waals surface area contributed by atoms with Gasteiger partial charge in [-0.25, -0.2) is 0 Å². The Balaban J connectivity index is 1.48. The number of aryl methyl sites for hydroxylation is 2. The second-order valence-electron chi connectivity index (χ2n) is 11.7. The average molecular weight is 539 g/mol. The lowest BCUT2D eigenvalue weighted by Gasteiger charge is -2.47. The Hall–Kier alpha value is -2.88. The number of carbonyl (C=O) groups excluding carboxylic acids is 1. The van der Waals surface area contributed by atoms with Crippen molar-refractivity contribution >= 4 is 11.6 Å². The van der Waals surface area contributed by atoms with Crippen molar-refractivity contribution in [3.8, 4) is 5.75 Å². The number of pyridine rings is 1. The van der Waals surface area contributed by atoms with Gasteiger partial charge >= 0.3 is 0 Å². The Kier molecular flexibility index (Phi) is 8.03. The lowest BCUT2D eigenvalue weighted by Crippen LogP contribution is -2.56. The molecule has 5 rings (SSSR count). The maximum Gasteiger partial charge on any atom is 0.251 e. The summed E-state index contributed by atoms with van der Waals surface area (Å²) >= 11 is 0. The second-order valence-corrected chi connectivity index (χ2v) is 11.7. The summed E-state index contributed by atoms with van der Waals surface area (Å²) in [5.41, 5.74) is 11.0. The van der Waals surface area contributed by atoms with E-state index in [0.29, 0.717) is 42.6 Å². The summed E-state index contributed by atoms with van der Waals surface area (Å²) in [6.07, 6.45) is 3.51. The van der Waals surface area contributed by atoms with E-state index < -0.39 is 5.91 Å². The fourth-order valence-electron chi connectivity index (χ4n) is 6.30. The van der Waals surface area contributed by atoms with E-state index >= 15 is 0 Å². The van der Waals surface area contributed by atoms with Crippen molar-refractivity contribution < 1.29 is 19.0 Å². The van der Waals surface area contributed by atoms with E-state index in [0.717, 1.165) is 60.4 Å². The molecule has 3 aliphatic rings. The predicted molar refractivity (Wildman–Crippen MR) is 151 cm³/mol. The van der Waals surface area contributed by atoms with Crippen molar-refractivity contribution in [2.24, 2.45) is 5.73 Å². The molecule has 4 N–H and O–H groups in total. The fraction of sp³-hybridized carbons (Fsp3) is 0.600. The molecular weight excluding hydrogens is 496 g/mol. The summed E-state index contributed by atoms with van der Waals surface area (Å²) < 4.78 is 18.2. The summed E-state index contributed by atoms with van der Waals surface area (Å²) in [5, 5.41) is 3.62. The van der Waals surface area contributed by atoms with Crippen molar-refractivity contribution in [2.45, 2.75) is 90.7 Å². The van der Waals surface area contributed by atoms with Crippen LogP contribution >= 0.6 is 0 Å². The molecule has 212 valence electrons. The van der Waals surface area contributed by atoms with E-state index in [4.69, 9.17) is 19.9 Å². The molecule has 2 aliphatic heterocycles. The Morgan fingerprint density at radius 2 is 1.87 bits per heavy atom. The molecule has 1 amide bonds. The van der Waals surface area contributed by atoms with Crippen LogP contribution in [0.5, 0.6) is 5.75 Å². The van der Waals surface area contributed by atoms with Crippen LogP contribution in [-0.2, 0) is 15.9 Å². The summed E-state index contributed by atoms with van der Waals surface area (Å²) in [7, 11) is 0. The first-order chi connectivity index (χ1) is 18.6. The van der Waals surface area contributed by atoms with Crippen molar-refractivity contribution in [3.05, 3.63) is 56.0 Å². The first-order valence-corrected chi connectivity index (χ1v) is 14.1. The number of amides is 1. The number of aromatic amines is 1. The van der Waals surface area contributed by atoms with Gasteiger partial charge in [0.05, 0.1) is 24.9 Å². The minimum atomic E-state index is -0.498. The minimum absolute atomic E-state index is 0.0192. The molecule has 3 heterocycles. The number of anilines is 1. The first-order valence-electron chi connectivity index (χ1n) is 14.1. The predicted octanol–water partition coefficient (Wildman–Crippen LogP) is 3.21. The third-order valence-corrected chi connectivity index (χ3v) is 8.37. The van der Waals surface area contributed by atoms with Gasteiger partial charge in [0, 0.05) is 73.1 Å². The highest BCUT2D eigenvalue weighted by atomic mass is 16.5. The summed E-state index contributed by atoms with van der Waals surface area (Å²) in [6, 6.07) is 4.31. The summed E-state index contributed by atoms with van der Waals surface area (Å²) in [4.78, 5) is 31.0. The van der Waals surface area contributed by atoms with Gasteiger partial charge in [0.2, 0.25) is 5.91 Å². The van der Waals surface area contributed by atoms with Crippen molar-refractivity contribution in [1.29, 1.82) is 0 Å². The number of rotatable bonds is 8. The van der Waals surface area contributed by atoms with Gasteiger partial charge < -0.3 is 30.2 Å². The van der Waals surface area contributed by atoms with Gasteiger partial charge in [0.25, 0.3) is 5.56 Å². The van der Waals surface area contributed by atoms with E-state index in [2.05, 4.69) is 29.0 Å². The highest BCUT2D eigenvalue weighted by Crippen LogP contribution is 2.39. The van der Waals surface area contributed by atoms with Crippen molar-refractivity contribution in [2.75, 3.05) is 31.6 Å². The van der Waals surface area contributed by atoms with Gasteiger partial charge in [0.1, 0.15) is 11.9 Å². The number of hydrogen-bond acceptors (Lipinski definition) is 7. The van der Waals surface area contributed by atoms with Crippen LogP contribution in [-0.4, -0.2) is 72.5 Å². The number of nitrogens with zero attached hydrogens (tertiary/aromatic N) is 1. The van der Waals surface area contributed by atoms with Gasteiger partial charge in [-0.3, -0.25) is 14.5 Å². The second kappa shape index (κ2) is 11.3. The number of morpholine rings is 1. The third-order valence-electron chi connectivity index (χ3n) is 8.37. The molecule has 1 saturated carbocycles. The molecule has 9 nitrogen and oxygen atoms in total. The zero-order chi connectivity index (χ0) is 27.8. The Labute approximate surface area is 230 Å². The quantitative estimate of drug-likeness (QED) is 0.472. The number of nitrogens with two attached hydrogens (primary N) is 1. The molecular formula is C30H42N4O5. The van der Waals surface area contributed by atoms with E-state index in [1.807, 2.05) is 26.8 Å². The zero-order valence-electron chi connectivity index (χ0n) is 23.8. The molecule has 1 aromatic heterocycles. The van der Waals surface area contributed by atoms with Gasteiger partial charge in [-0.15, -0.1) is 0 Å². The lowest BCUT2D eigenvalue weighted by atomic mass is 9.86. The van der Waals surface area contributed by atoms with E-state index in [-0.39, 0.29) is 29.9 Å². The SMILES string of the molecule is Cc1cc(C)c(Cc2c(OC3CC(N4C[C@@H](C)O[C@@H](C)C4)C3)cc(C(N)=O)c(C)c2NC2CCOC2)c(=O)[nH]1. The molecule has 2 aromatic rings. The molecule has 0 spiro atoms. The molecule has 1 aliphatic carbocycles. The number of hydrogen-bond donors (Lipinski definition) is 3. The average Bonchev–Trinajstić information content (AvgIpc) is 3.33. The van der Waals surface area contributed by atoms with Crippen LogP contribution < -0.4 is 21.3 Å². The standard InChI is InChI=1S/C30H42N4O5/c1-16-8-17(2)32-30(36)24(16)11-26-27(39-23-9-22(10-23)34-13-18(3)38-19(4)14-34)12-25(29(31)35)20(5)28(26)33-21-6-7-37-15-21/h8,12,18-19,21-23,33H,6-7,9-11,13-15H2,1-5H3,(H2,31,35)(H,32,36)/t18-,19+,21?,22?,23?. The number of aromatic nitrogens is 1. The number of benzene rings is 1. The largest absolute Gasteiger partial charge is 0.490 e. The number of H-pyrrole nitrogens is 1. The van der Waals surface area contributed by atoms with Crippen LogP contribution in [0.3, 0.4) is 0 Å². The molecule has 0 radical (unpaired) electrons. The number of nitrogens with one attached hydrogen (secondary N) is 2. The number of ether oxygens (including phenoxy) is 3. The van der Waals surface area contributed by atoms with Crippen LogP contribution in [0.25, 0.3) is 0 Å². The van der Waals surface area contributed by atoms with Crippen LogP contribution in [0.1, 0.15) is 71.4 Å². The Morgan fingerprint density at radius 1 is 1.15 bits per heavy atom. The molecule has 2 saturated heterocycles. The maximum atomic E-state index is 13.0. The highest BCUT2D eigenvalue weighted by molar-refractivity contribution is 5.97. The maximum absolute atomic E-state index is 13.0. The number of primary amides is 1. The van der Waals surface area contributed by atoms with Crippen LogP contribution in [0.2, 0.25) is 0 Å². The smallest absolute Gasteiger partial charge is 0.251 e. The Bertz CT molecular complexity index is 1270. The normalized spacial score (nSPS) is 27.3. The fourth-order valence-corrected chi connectivity index (χ4v) is 6.30. The van der Waals surface area contributed by atoms with Crippen LogP contribution in [0.15, 0.2) is 16.9 Å². The molecule has 1 unspecified atom stereocenters. The minimum Gasteiger partial charge on any atom is -0.490 e. The van der Waals surface area contributed by atoms with Gasteiger partial charge in [-0.05, 0) is 64.3 Å².